The number of hydrogen-bond donors (Lipinski definition) is 0. The Hall–Kier alpha value is -1.85. The lowest BCUT2D eigenvalue weighted by molar-refractivity contribution is 0.0311. The minimum atomic E-state index is 0.320. The molecule has 0 saturated carbocycles. The minimum Gasteiger partial charge on any atom is -0.464 e. The molecule has 1 aliphatic carbocycles. The third kappa shape index (κ3) is 5.40. The molecule has 7 nitrogen and oxygen atoms in total. The number of hydrogen-bond acceptors (Lipinski definition) is 7. The lowest BCUT2D eigenvalue weighted by atomic mass is 9.93. The maximum absolute atomic E-state index is 6.22. The van der Waals surface area contributed by atoms with E-state index >= 15 is 0 Å². The number of morpholine rings is 2. The minimum absolute atomic E-state index is 0.320. The largest absolute Gasteiger partial charge is 0.464 e. The molecule has 0 amide bonds. The maximum Gasteiger partial charge on any atom is 0.177 e. The maximum atomic E-state index is 6.22. The SMILES string of the molecule is Cc1c(CN2CCOCC2)oc2c1/C(=N/OCC#CCN1CCOCC1)CCC2. The monoisotopic (exact) mass is 401 g/mol. The van der Waals surface area contributed by atoms with E-state index in [1.165, 1.54) is 5.56 Å². The predicted molar refractivity (Wildman–Crippen MR) is 110 cm³/mol. The molecule has 0 bridgehead atoms. The summed E-state index contributed by atoms with van der Waals surface area (Å²) in [6.45, 7) is 11.1. The van der Waals surface area contributed by atoms with Crippen molar-refractivity contribution in [3.63, 3.8) is 0 Å². The molecule has 1 aromatic rings. The molecule has 2 aliphatic heterocycles. The van der Waals surface area contributed by atoms with E-state index in [9.17, 15) is 0 Å². The smallest absolute Gasteiger partial charge is 0.177 e. The summed E-state index contributed by atoms with van der Waals surface area (Å²) in [5.41, 5.74) is 3.35. The molecule has 29 heavy (non-hydrogen) atoms. The van der Waals surface area contributed by atoms with Crippen molar-refractivity contribution in [2.75, 3.05) is 65.8 Å². The van der Waals surface area contributed by atoms with Crippen LogP contribution in [-0.4, -0.2) is 81.3 Å². The molecule has 0 spiro atoms. The first-order chi connectivity index (χ1) is 14.3. The van der Waals surface area contributed by atoms with E-state index in [1.54, 1.807) is 0 Å². The summed E-state index contributed by atoms with van der Waals surface area (Å²) in [4.78, 5) is 10.2. The summed E-state index contributed by atoms with van der Waals surface area (Å²) in [7, 11) is 0. The molecule has 3 aliphatic rings. The van der Waals surface area contributed by atoms with Crippen molar-refractivity contribution >= 4 is 5.71 Å². The van der Waals surface area contributed by atoms with Crippen LogP contribution in [-0.2, 0) is 27.3 Å². The summed E-state index contributed by atoms with van der Waals surface area (Å²) < 4.78 is 17.0. The first kappa shape index (κ1) is 20.4. The number of aryl methyl sites for hydroxylation is 1. The number of nitrogens with zero attached hydrogens (tertiary/aromatic N) is 3. The van der Waals surface area contributed by atoms with Gasteiger partial charge in [-0.25, -0.2) is 0 Å². The van der Waals surface area contributed by atoms with Gasteiger partial charge in [0.2, 0.25) is 0 Å². The van der Waals surface area contributed by atoms with Crippen LogP contribution in [0.25, 0.3) is 0 Å². The normalized spacial score (nSPS) is 22.2. The third-order valence-corrected chi connectivity index (χ3v) is 5.74. The third-order valence-electron chi connectivity index (χ3n) is 5.74. The Balaban J connectivity index is 1.33. The summed E-state index contributed by atoms with van der Waals surface area (Å²) >= 11 is 0. The van der Waals surface area contributed by atoms with Gasteiger partial charge in [-0.05, 0) is 19.8 Å². The highest BCUT2D eigenvalue weighted by atomic mass is 16.6. The Morgan fingerprint density at radius 2 is 1.69 bits per heavy atom. The van der Waals surface area contributed by atoms with Gasteiger partial charge in [0.15, 0.2) is 6.61 Å². The van der Waals surface area contributed by atoms with E-state index in [0.29, 0.717) is 6.61 Å². The van der Waals surface area contributed by atoms with Crippen LogP contribution in [0.4, 0.5) is 0 Å². The van der Waals surface area contributed by atoms with Gasteiger partial charge in [0.1, 0.15) is 11.5 Å². The van der Waals surface area contributed by atoms with E-state index < -0.39 is 0 Å². The second-order valence-electron chi connectivity index (χ2n) is 7.74. The average molecular weight is 402 g/mol. The van der Waals surface area contributed by atoms with Gasteiger partial charge in [-0.1, -0.05) is 17.0 Å². The van der Waals surface area contributed by atoms with Gasteiger partial charge in [0.25, 0.3) is 0 Å². The lowest BCUT2D eigenvalue weighted by Gasteiger charge is -2.25. The van der Waals surface area contributed by atoms with E-state index in [-0.39, 0.29) is 0 Å². The molecule has 0 N–H and O–H groups in total. The predicted octanol–water partition coefficient (Wildman–Crippen LogP) is 1.81. The van der Waals surface area contributed by atoms with Gasteiger partial charge >= 0.3 is 0 Å². The highest BCUT2D eigenvalue weighted by molar-refractivity contribution is 6.03. The number of oxime groups is 1. The Morgan fingerprint density at radius 1 is 0.966 bits per heavy atom. The summed E-state index contributed by atoms with van der Waals surface area (Å²) in [5, 5.41) is 4.42. The summed E-state index contributed by atoms with van der Waals surface area (Å²) in [6.07, 6.45) is 2.94. The van der Waals surface area contributed by atoms with Crippen LogP contribution in [0.5, 0.6) is 0 Å². The fraction of sp³-hybridized carbons (Fsp3) is 0.682. The zero-order valence-corrected chi connectivity index (χ0v) is 17.4. The van der Waals surface area contributed by atoms with Crippen LogP contribution in [0.3, 0.4) is 0 Å². The quantitative estimate of drug-likeness (QED) is 0.426. The lowest BCUT2D eigenvalue weighted by Crippen LogP contribution is -2.36. The van der Waals surface area contributed by atoms with Crippen LogP contribution in [0.15, 0.2) is 9.57 Å². The number of furan rings is 1. The molecule has 2 fully saturated rings. The van der Waals surface area contributed by atoms with Gasteiger partial charge in [0.05, 0.1) is 45.2 Å². The Morgan fingerprint density at radius 3 is 2.45 bits per heavy atom. The van der Waals surface area contributed by atoms with E-state index in [4.69, 9.17) is 18.7 Å². The van der Waals surface area contributed by atoms with Crippen molar-refractivity contribution in [2.45, 2.75) is 32.7 Å². The fourth-order valence-electron chi connectivity index (χ4n) is 4.04. The van der Waals surface area contributed by atoms with Gasteiger partial charge in [0, 0.05) is 43.7 Å². The topological polar surface area (TPSA) is 59.7 Å². The van der Waals surface area contributed by atoms with Gasteiger partial charge in [-0.3, -0.25) is 9.80 Å². The van der Waals surface area contributed by atoms with Crippen molar-refractivity contribution in [3.05, 3.63) is 22.6 Å². The fourth-order valence-corrected chi connectivity index (χ4v) is 4.04. The Kier molecular flexibility index (Phi) is 7.23. The molecule has 0 aromatic carbocycles. The van der Waals surface area contributed by atoms with Crippen LogP contribution >= 0.6 is 0 Å². The number of rotatable bonds is 5. The first-order valence-corrected chi connectivity index (χ1v) is 10.7. The molecule has 1 aromatic heterocycles. The van der Waals surface area contributed by atoms with E-state index in [1.807, 2.05) is 0 Å². The zero-order chi connectivity index (χ0) is 19.9. The summed E-state index contributed by atoms with van der Waals surface area (Å²) in [5.74, 6) is 8.34. The Bertz CT molecular complexity index is 765. The summed E-state index contributed by atoms with van der Waals surface area (Å²) in [6, 6.07) is 0. The van der Waals surface area contributed by atoms with Crippen LogP contribution in [0.2, 0.25) is 0 Å². The molecule has 2 saturated heterocycles. The molecule has 158 valence electrons. The van der Waals surface area contributed by atoms with Crippen LogP contribution in [0, 0.1) is 18.8 Å². The molecule has 3 heterocycles. The van der Waals surface area contributed by atoms with Crippen molar-refractivity contribution in [3.8, 4) is 11.8 Å². The van der Waals surface area contributed by atoms with Gasteiger partial charge in [-0.2, -0.15) is 0 Å². The Labute approximate surface area is 172 Å². The number of fused-ring (bicyclic) bond motifs is 1. The second-order valence-corrected chi connectivity index (χ2v) is 7.74. The van der Waals surface area contributed by atoms with Crippen molar-refractivity contribution in [1.29, 1.82) is 0 Å². The molecular formula is C22H31N3O4. The zero-order valence-electron chi connectivity index (χ0n) is 17.4. The molecular weight excluding hydrogens is 370 g/mol. The van der Waals surface area contributed by atoms with Crippen molar-refractivity contribution in [1.82, 2.24) is 9.80 Å². The van der Waals surface area contributed by atoms with Gasteiger partial charge < -0.3 is 18.7 Å². The van der Waals surface area contributed by atoms with Gasteiger partial charge in [-0.15, -0.1) is 0 Å². The molecule has 7 heteroatoms. The highest BCUT2D eigenvalue weighted by Crippen LogP contribution is 2.30. The molecule has 0 radical (unpaired) electrons. The highest BCUT2D eigenvalue weighted by Gasteiger charge is 2.26. The van der Waals surface area contributed by atoms with E-state index in [0.717, 1.165) is 108 Å². The molecule has 4 rings (SSSR count). The van der Waals surface area contributed by atoms with Crippen molar-refractivity contribution < 1.29 is 18.7 Å². The van der Waals surface area contributed by atoms with Crippen LogP contribution in [0.1, 0.15) is 35.5 Å². The standard InChI is InChI=1S/C22H31N3O4/c1-18-21(17-25-10-15-27-16-11-25)29-20-6-4-5-19(22(18)20)23-28-12-3-2-7-24-8-13-26-14-9-24/h4-17H2,1H3/b23-19+. The second kappa shape index (κ2) is 10.3. The van der Waals surface area contributed by atoms with Crippen LogP contribution < -0.4 is 0 Å². The van der Waals surface area contributed by atoms with Crippen molar-refractivity contribution in [2.24, 2.45) is 5.16 Å². The first-order valence-electron chi connectivity index (χ1n) is 10.7. The molecule has 0 unspecified atom stereocenters. The average Bonchev–Trinajstić information content (AvgIpc) is 3.08. The molecule has 0 atom stereocenters. The number of ether oxygens (including phenoxy) is 2. The van der Waals surface area contributed by atoms with E-state index in [2.05, 4.69) is 33.7 Å².